The van der Waals surface area contributed by atoms with Crippen molar-refractivity contribution < 1.29 is 17.9 Å². The molecule has 0 aliphatic rings. The van der Waals surface area contributed by atoms with Crippen LogP contribution >= 0.6 is 0 Å². The number of nitrogens with zero attached hydrogens (tertiary/aromatic N) is 2. The summed E-state index contributed by atoms with van der Waals surface area (Å²) in [6.07, 6.45) is 0.625. The second kappa shape index (κ2) is 12.5. The Balaban J connectivity index is 0.000000396. The van der Waals surface area contributed by atoms with Crippen LogP contribution in [0.4, 0.5) is 13.2 Å². The lowest BCUT2D eigenvalue weighted by Gasteiger charge is -2.12. The minimum absolute atomic E-state index is 0.240. The number of halogens is 3. The van der Waals surface area contributed by atoms with Gasteiger partial charge in [-0.1, -0.05) is 40.5 Å². The van der Waals surface area contributed by atoms with Crippen molar-refractivity contribution in [1.29, 1.82) is 0 Å². The summed E-state index contributed by atoms with van der Waals surface area (Å²) in [5, 5.41) is 7.73. The van der Waals surface area contributed by atoms with Crippen LogP contribution in [0.1, 0.15) is 70.7 Å². The van der Waals surface area contributed by atoms with Gasteiger partial charge in [0.1, 0.15) is 5.75 Å². The van der Waals surface area contributed by atoms with E-state index >= 15 is 0 Å². The first-order chi connectivity index (χ1) is 13.7. The maximum absolute atomic E-state index is 12.1. The average molecular weight is 414 g/mol. The van der Waals surface area contributed by atoms with Crippen LogP contribution in [-0.4, -0.2) is 29.2 Å². The third-order valence-electron chi connectivity index (χ3n) is 4.15. The van der Waals surface area contributed by atoms with Crippen LogP contribution in [0.15, 0.2) is 30.3 Å². The van der Waals surface area contributed by atoms with Crippen LogP contribution < -0.4 is 10.1 Å². The summed E-state index contributed by atoms with van der Waals surface area (Å²) in [5.74, 6) is 0.0264. The minimum atomic E-state index is -4.67. The van der Waals surface area contributed by atoms with Gasteiger partial charge < -0.3 is 10.1 Å². The topological polar surface area (TPSA) is 39.1 Å². The van der Waals surface area contributed by atoms with Crippen molar-refractivity contribution >= 4 is 0 Å². The van der Waals surface area contributed by atoms with Crippen LogP contribution in [0.5, 0.6) is 5.75 Å². The maximum atomic E-state index is 12.1. The number of unbranched alkanes of at least 4 members (excludes halogenated alkanes) is 2. The van der Waals surface area contributed by atoms with Crippen LogP contribution in [0, 0.1) is 6.92 Å². The van der Waals surface area contributed by atoms with Crippen molar-refractivity contribution in [2.75, 3.05) is 13.1 Å². The van der Waals surface area contributed by atoms with Gasteiger partial charge in [-0.25, -0.2) is 4.68 Å². The summed E-state index contributed by atoms with van der Waals surface area (Å²) in [5.41, 5.74) is 2.58. The highest BCUT2D eigenvalue weighted by molar-refractivity contribution is 5.39. The van der Waals surface area contributed by atoms with Gasteiger partial charge in [-0.3, -0.25) is 0 Å². The Labute approximate surface area is 172 Å². The zero-order chi connectivity index (χ0) is 21.9. The number of nitrogens with one attached hydrogen (secondary N) is 1. The predicted molar refractivity (Wildman–Crippen MR) is 112 cm³/mol. The van der Waals surface area contributed by atoms with Crippen LogP contribution in [0.25, 0.3) is 5.69 Å². The fourth-order valence-corrected chi connectivity index (χ4v) is 2.73. The largest absolute Gasteiger partial charge is 0.573 e. The molecule has 164 valence electrons. The quantitative estimate of drug-likeness (QED) is 0.485. The van der Waals surface area contributed by atoms with Crippen LogP contribution in [0.3, 0.4) is 0 Å². The SMILES string of the molecule is CCCCCNCCC.Cc1cc(C(C)C)n(-c2ccc(OC(F)(F)F)cc2)n1. The molecule has 0 fully saturated rings. The normalized spacial score (nSPS) is 11.3. The van der Waals surface area contributed by atoms with Gasteiger partial charge in [-0.05, 0) is 69.1 Å². The highest BCUT2D eigenvalue weighted by Gasteiger charge is 2.31. The second-order valence-corrected chi connectivity index (χ2v) is 7.28. The van der Waals surface area contributed by atoms with E-state index in [1.54, 1.807) is 16.8 Å². The van der Waals surface area contributed by atoms with E-state index < -0.39 is 6.36 Å². The lowest BCUT2D eigenvalue weighted by Crippen LogP contribution is -2.17. The summed E-state index contributed by atoms with van der Waals surface area (Å²) >= 11 is 0. The predicted octanol–water partition coefficient (Wildman–Crippen LogP) is 6.38. The van der Waals surface area contributed by atoms with Crippen LogP contribution in [-0.2, 0) is 0 Å². The van der Waals surface area contributed by atoms with Crippen molar-refractivity contribution in [2.45, 2.75) is 72.6 Å². The van der Waals surface area contributed by atoms with Crippen molar-refractivity contribution in [2.24, 2.45) is 0 Å². The van der Waals surface area contributed by atoms with E-state index in [4.69, 9.17) is 0 Å². The van der Waals surface area contributed by atoms with Gasteiger partial charge in [0.15, 0.2) is 0 Å². The number of hydrogen-bond acceptors (Lipinski definition) is 3. The molecule has 0 radical (unpaired) electrons. The molecule has 0 spiro atoms. The molecule has 2 aromatic rings. The molecule has 0 atom stereocenters. The Bertz CT molecular complexity index is 688. The minimum Gasteiger partial charge on any atom is -0.406 e. The Kier molecular flexibility index (Phi) is 10.8. The lowest BCUT2D eigenvalue weighted by molar-refractivity contribution is -0.274. The molecular formula is C22H34F3N3O. The molecular weight excluding hydrogens is 379 g/mol. The van der Waals surface area contributed by atoms with Gasteiger partial charge in [-0.15, -0.1) is 13.2 Å². The van der Waals surface area contributed by atoms with Gasteiger partial charge in [0.05, 0.1) is 11.4 Å². The summed E-state index contributed by atoms with van der Waals surface area (Å²) in [7, 11) is 0. The standard InChI is InChI=1S/C14H15F3N2O.C8H19N/c1-9(2)13-8-10(3)18-19(13)11-4-6-12(7-5-11)20-14(15,16)17;1-3-5-6-8-9-7-4-2/h4-9H,1-3H3;9H,3-8H2,1-2H3. The number of aromatic nitrogens is 2. The third-order valence-corrected chi connectivity index (χ3v) is 4.15. The number of rotatable bonds is 9. The molecule has 0 saturated heterocycles. The van der Waals surface area contributed by atoms with Gasteiger partial charge in [0, 0.05) is 5.69 Å². The molecule has 4 nitrogen and oxygen atoms in total. The molecule has 0 unspecified atom stereocenters. The second-order valence-electron chi connectivity index (χ2n) is 7.28. The smallest absolute Gasteiger partial charge is 0.406 e. The molecule has 1 N–H and O–H groups in total. The Morgan fingerprint density at radius 2 is 1.69 bits per heavy atom. The zero-order valence-electron chi connectivity index (χ0n) is 18.1. The monoisotopic (exact) mass is 413 g/mol. The Morgan fingerprint density at radius 1 is 1.03 bits per heavy atom. The van der Waals surface area contributed by atoms with E-state index in [0.29, 0.717) is 5.69 Å². The Hall–Kier alpha value is -2.02. The molecule has 7 heteroatoms. The van der Waals surface area contributed by atoms with Gasteiger partial charge in [0.25, 0.3) is 0 Å². The van der Waals surface area contributed by atoms with Gasteiger partial charge in [-0.2, -0.15) is 5.10 Å². The zero-order valence-corrected chi connectivity index (χ0v) is 18.1. The Morgan fingerprint density at radius 3 is 2.21 bits per heavy atom. The fourth-order valence-electron chi connectivity index (χ4n) is 2.73. The van der Waals surface area contributed by atoms with E-state index in [1.165, 1.54) is 50.9 Å². The van der Waals surface area contributed by atoms with Crippen LogP contribution in [0.2, 0.25) is 0 Å². The summed E-state index contributed by atoms with van der Waals surface area (Å²) in [6.45, 7) is 12.8. The number of alkyl halides is 3. The lowest BCUT2D eigenvalue weighted by atomic mass is 10.1. The highest BCUT2D eigenvalue weighted by atomic mass is 19.4. The van der Waals surface area contributed by atoms with Gasteiger partial charge >= 0.3 is 6.36 Å². The molecule has 2 rings (SSSR count). The summed E-state index contributed by atoms with van der Waals surface area (Å²) in [6, 6.07) is 7.64. The van der Waals surface area contributed by atoms with E-state index in [0.717, 1.165) is 11.4 Å². The highest BCUT2D eigenvalue weighted by Crippen LogP contribution is 2.25. The number of aryl methyl sites for hydroxylation is 1. The maximum Gasteiger partial charge on any atom is 0.573 e. The molecule has 0 bridgehead atoms. The molecule has 0 saturated carbocycles. The number of benzene rings is 1. The number of hydrogen-bond donors (Lipinski definition) is 1. The molecule has 0 aliphatic carbocycles. The molecule has 0 aliphatic heterocycles. The van der Waals surface area contributed by atoms with E-state index in [9.17, 15) is 13.2 Å². The fraction of sp³-hybridized carbons (Fsp3) is 0.591. The molecule has 29 heavy (non-hydrogen) atoms. The van der Waals surface area contributed by atoms with Crippen molar-refractivity contribution in [3.63, 3.8) is 0 Å². The summed E-state index contributed by atoms with van der Waals surface area (Å²) < 4.78 is 41.9. The molecule has 1 heterocycles. The molecule has 1 aromatic carbocycles. The van der Waals surface area contributed by atoms with Gasteiger partial charge in [0.2, 0.25) is 0 Å². The van der Waals surface area contributed by atoms with E-state index in [-0.39, 0.29) is 11.7 Å². The van der Waals surface area contributed by atoms with E-state index in [2.05, 4.69) is 29.0 Å². The van der Waals surface area contributed by atoms with E-state index in [1.807, 2.05) is 26.8 Å². The number of ether oxygens (including phenoxy) is 1. The van der Waals surface area contributed by atoms with Crippen molar-refractivity contribution in [3.05, 3.63) is 41.7 Å². The molecule has 1 aromatic heterocycles. The first-order valence-electron chi connectivity index (χ1n) is 10.3. The third kappa shape index (κ3) is 9.83. The first kappa shape index (κ1) is 25.0. The van der Waals surface area contributed by atoms with Crippen molar-refractivity contribution in [3.8, 4) is 11.4 Å². The molecule has 0 amide bonds. The van der Waals surface area contributed by atoms with Crippen molar-refractivity contribution in [1.82, 2.24) is 15.1 Å². The first-order valence-corrected chi connectivity index (χ1v) is 10.3. The summed E-state index contributed by atoms with van der Waals surface area (Å²) in [4.78, 5) is 0. The average Bonchev–Trinajstić information content (AvgIpc) is 3.04.